The van der Waals surface area contributed by atoms with E-state index in [9.17, 15) is 0 Å². The predicted molar refractivity (Wildman–Crippen MR) is 87.3 cm³/mol. The fourth-order valence-corrected chi connectivity index (χ4v) is 17.6. The first-order valence-corrected chi connectivity index (χ1v) is 14.5. The molecule has 3 aliphatic heterocycles. The van der Waals surface area contributed by atoms with E-state index < -0.39 is 0 Å². The number of hydrogen-bond donors (Lipinski definition) is 0. The van der Waals surface area contributed by atoms with Crippen LogP contribution < -0.4 is 0 Å². The zero-order valence-corrected chi connectivity index (χ0v) is 18.3. The molecule has 6 atom stereocenters. The minimum absolute atomic E-state index is 0.953. The van der Waals surface area contributed by atoms with Gasteiger partial charge in [-0.25, -0.2) is 0 Å². The maximum absolute atomic E-state index is 3.03. The first kappa shape index (κ1) is 14.7. The monoisotopic (exact) mass is 534 g/mol. The van der Waals surface area contributed by atoms with Crippen molar-refractivity contribution in [3.63, 3.8) is 0 Å². The topological polar surface area (TPSA) is 0 Å². The molecule has 17 heavy (non-hydrogen) atoms. The summed E-state index contributed by atoms with van der Waals surface area (Å²) in [4.78, 5) is 3.08. The summed E-state index contributed by atoms with van der Waals surface area (Å²) in [6.45, 7) is 0. The molecule has 0 saturated carbocycles. The Morgan fingerprint density at radius 2 is 1.65 bits per heavy atom. The number of hydrogen-bond acceptors (Lipinski definition) is 2. The fourth-order valence-electron chi connectivity index (χ4n) is 2.05. The van der Waals surface area contributed by atoms with E-state index in [1.807, 2.05) is 0 Å². The summed E-state index contributed by atoms with van der Waals surface area (Å²) < 4.78 is 1.15. The molecule has 0 bridgehead atoms. The van der Waals surface area contributed by atoms with Gasteiger partial charge >= 0.3 is 144 Å². The molecule has 98 valence electrons. The summed E-state index contributed by atoms with van der Waals surface area (Å²) in [5.74, 6) is 2.91. The Morgan fingerprint density at radius 3 is 2.24 bits per heavy atom. The van der Waals surface area contributed by atoms with Crippen molar-refractivity contribution in [3.8, 4) is 0 Å². The van der Waals surface area contributed by atoms with Gasteiger partial charge in [-0.1, -0.05) is 0 Å². The molecule has 0 aromatic heterocycles. The Kier molecular flexibility index (Phi) is 5.79. The summed E-state index contributed by atoms with van der Waals surface area (Å²) in [5, 5.41) is 3.69. The van der Waals surface area contributed by atoms with Gasteiger partial charge in [0.2, 0.25) is 0 Å². The van der Waals surface area contributed by atoms with Crippen molar-refractivity contribution in [3.05, 3.63) is 0 Å². The van der Waals surface area contributed by atoms with Gasteiger partial charge in [0, 0.05) is 0 Å². The van der Waals surface area contributed by atoms with Crippen LogP contribution in [0.5, 0.6) is 0 Å². The molecule has 0 aromatic rings. The molecule has 3 saturated heterocycles. The molecule has 3 aliphatic rings. The summed E-state index contributed by atoms with van der Waals surface area (Å²) >= 11 is 12.3. The summed E-state index contributed by atoms with van der Waals surface area (Å²) in [5.41, 5.74) is 0. The molecule has 0 nitrogen and oxygen atoms in total. The van der Waals surface area contributed by atoms with Crippen LogP contribution in [-0.4, -0.2) is 83.9 Å². The van der Waals surface area contributed by atoms with Gasteiger partial charge in [-0.2, -0.15) is 0 Å². The molecular weight excluding hydrogens is 512 g/mol. The van der Waals surface area contributed by atoms with E-state index in [1.54, 1.807) is 5.32 Å². The number of thioether (sulfide) groups is 2. The van der Waals surface area contributed by atoms with Gasteiger partial charge in [0.05, 0.1) is 0 Å². The second-order valence-corrected chi connectivity index (χ2v) is 17.2. The zero-order valence-electron chi connectivity index (χ0n) is 9.53. The molecule has 3 fully saturated rings. The Balaban J connectivity index is 1.43. The van der Waals surface area contributed by atoms with E-state index in [2.05, 4.69) is 55.5 Å². The Bertz CT molecular complexity index is 244. The van der Waals surface area contributed by atoms with Crippen LogP contribution in [0, 0.1) is 0 Å². The Hall–Kier alpha value is 2.78. The maximum atomic E-state index is 3.03. The third kappa shape index (κ3) is 4.63. The van der Waals surface area contributed by atoms with Crippen molar-refractivity contribution >= 4 is 85.5 Å². The SMILES string of the molecule is [SeH]C(CC1CS1)C1C[Se]C(C([SeH])CC2CS2)[Se]1. The molecule has 0 aliphatic carbocycles. The van der Waals surface area contributed by atoms with Crippen LogP contribution in [0.15, 0.2) is 0 Å². The molecule has 0 N–H and O–H groups in total. The van der Waals surface area contributed by atoms with Crippen molar-refractivity contribution in [1.29, 1.82) is 0 Å². The van der Waals surface area contributed by atoms with Crippen LogP contribution in [0.3, 0.4) is 0 Å². The van der Waals surface area contributed by atoms with Crippen LogP contribution >= 0.6 is 23.5 Å². The van der Waals surface area contributed by atoms with Crippen molar-refractivity contribution in [1.82, 2.24) is 0 Å². The standard InChI is InChI=1S/C11H18S2Se4/c14-8(1-6-3-12-6)10-5-16-11(17-10)9(15)2-7-4-13-7/h6-11,14-15H,1-5H2. The third-order valence-electron chi connectivity index (χ3n) is 3.29. The molecule has 0 spiro atoms. The Morgan fingerprint density at radius 1 is 1.06 bits per heavy atom. The van der Waals surface area contributed by atoms with Crippen molar-refractivity contribution in [2.24, 2.45) is 0 Å². The molecule has 6 heteroatoms. The second kappa shape index (κ2) is 6.69. The normalized spacial score (nSPS) is 43.4. The van der Waals surface area contributed by atoms with E-state index >= 15 is 0 Å². The van der Waals surface area contributed by atoms with Crippen LogP contribution in [0.1, 0.15) is 12.8 Å². The average molecular weight is 530 g/mol. The van der Waals surface area contributed by atoms with E-state index in [1.165, 1.54) is 24.3 Å². The third-order valence-corrected chi connectivity index (χ3v) is 19.8. The van der Waals surface area contributed by atoms with Gasteiger partial charge in [0.25, 0.3) is 0 Å². The first-order chi connectivity index (χ1) is 8.22. The molecule has 0 aromatic carbocycles. The summed E-state index contributed by atoms with van der Waals surface area (Å²) in [6.07, 6.45) is 3.01. The second-order valence-electron chi connectivity index (χ2n) is 4.89. The van der Waals surface area contributed by atoms with E-state index in [-0.39, 0.29) is 0 Å². The van der Waals surface area contributed by atoms with Crippen LogP contribution in [0.25, 0.3) is 0 Å². The zero-order chi connectivity index (χ0) is 11.8. The predicted octanol–water partition coefficient (Wildman–Crippen LogP) is 1.75. The quantitative estimate of drug-likeness (QED) is 0.380. The molecule has 0 radical (unpaired) electrons. The van der Waals surface area contributed by atoms with Crippen LogP contribution in [-0.2, 0) is 0 Å². The van der Waals surface area contributed by atoms with E-state index in [4.69, 9.17) is 0 Å². The van der Waals surface area contributed by atoms with Crippen LogP contribution in [0.4, 0.5) is 0 Å². The first-order valence-electron chi connectivity index (χ1n) is 6.09. The Labute approximate surface area is 142 Å². The van der Waals surface area contributed by atoms with Gasteiger partial charge < -0.3 is 0 Å². The van der Waals surface area contributed by atoms with Crippen molar-refractivity contribution in [2.45, 2.75) is 46.8 Å². The summed E-state index contributed by atoms with van der Waals surface area (Å²) in [7, 11) is 0. The van der Waals surface area contributed by atoms with Crippen molar-refractivity contribution in [2.75, 3.05) is 11.5 Å². The molecule has 0 amide bonds. The van der Waals surface area contributed by atoms with E-state index in [0.717, 1.165) is 58.6 Å². The molecule has 3 heterocycles. The minimum atomic E-state index is 0.953. The summed E-state index contributed by atoms with van der Waals surface area (Å²) in [6, 6.07) is 0. The fraction of sp³-hybridized carbons (Fsp3) is 1.00. The van der Waals surface area contributed by atoms with Crippen LogP contribution in [0.2, 0.25) is 23.5 Å². The van der Waals surface area contributed by atoms with E-state index in [0.29, 0.717) is 0 Å². The average Bonchev–Trinajstić information content (AvgIpc) is 3.22. The number of rotatable bonds is 6. The van der Waals surface area contributed by atoms with Crippen molar-refractivity contribution < 1.29 is 0 Å². The van der Waals surface area contributed by atoms with Gasteiger partial charge in [0.1, 0.15) is 0 Å². The van der Waals surface area contributed by atoms with Gasteiger partial charge in [-0.15, -0.1) is 0 Å². The van der Waals surface area contributed by atoms with Gasteiger partial charge in [0.15, 0.2) is 0 Å². The molecule has 6 unspecified atom stereocenters. The molecular formula is C11H18S2Se4. The van der Waals surface area contributed by atoms with Gasteiger partial charge in [-0.3, -0.25) is 0 Å². The molecule has 3 rings (SSSR count). The van der Waals surface area contributed by atoms with Gasteiger partial charge in [-0.05, 0) is 0 Å².